The van der Waals surface area contributed by atoms with Gasteiger partial charge in [-0.1, -0.05) is 18.2 Å². The molecule has 0 saturated carbocycles. The molecule has 1 saturated heterocycles. The third kappa shape index (κ3) is 7.46. The highest BCUT2D eigenvalue weighted by molar-refractivity contribution is 5.92. The van der Waals surface area contributed by atoms with E-state index in [9.17, 15) is 0 Å². The van der Waals surface area contributed by atoms with Gasteiger partial charge in [0.1, 0.15) is 5.82 Å². The molecule has 0 bridgehead atoms. The van der Waals surface area contributed by atoms with E-state index in [0.717, 1.165) is 68.7 Å². The molecular formula is C31H47N7O2. The molecular weight excluding hydrogens is 502 g/mol. The van der Waals surface area contributed by atoms with Crippen molar-refractivity contribution in [2.24, 2.45) is 0 Å². The van der Waals surface area contributed by atoms with Crippen molar-refractivity contribution >= 4 is 28.4 Å². The number of anilines is 3. The molecule has 0 atom stereocenters. The quantitative estimate of drug-likeness (QED) is 0.289. The van der Waals surface area contributed by atoms with Crippen LogP contribution < -0.4 is 25.0 Å². The average molecular weight is 550 g/mol. The minimum absolute atomic E-state index is 0.331. The Morgan fingerprint density at radius 1 is 1.00 bits per heavy atom. The largest absolute Gasteiger partial charge is 0.493 e. The molecule has 0 amide bonds. The van der Waals surface area contributed by atoms with Gasteiger partial charge in [-0.2, -0.15) is 4.98 Å². The standard InChI is InChI=1S/C31H47N7O2/c1-22(2)37(5)27-12-9-8-11-23(27)21-38-17-13-24(14-18-38)33-30-25-19-28(39-6)29(40-7)20-26(25)34-31(35-30)32-15-10-16-36(3)4/h8-9,11-12,19-20,22,24H,10,13-18,21H2,1-7H3,(H2,32,33,34,35). The maximum Gasteiger partial charge on any atom is 0.225 e. The van der Waals surface area contributed by atoms with Gasteiger partial charge in [0.05, 0.1) is 19.7 Å². The Balaban J connectivity index is 1.47. The Labute approximate surface area is 239 Å². The number of nitrogens with zero attached hydrogens (tertiary/aromatic N) is 5. The maximum atomic E-state index is 5.59. The van der Waals surface area contributed by atoms with Crippen molar-refractivity contribution in [1.29, 1.82) is 0 Å². The number of rotatable bonds is 13. The van der Waals surface area contributed by atoms with Crippen molar-refractivity contribution in [3.05, 3.63) is 42.0 Å². The molecule has 4 rings (SSSR count). The lowest BCUT2D eigenvalue weighted by Gasteiger charge is -2.34. The van der Waals surface area contributed by atoms with Gasteiger partial charge in [0.25, 0.3) is 0 Å². The molecule has 3 aromatic rings. The minimum atomic E-state index is 0.331. The van der Waals surface area contributed by atoms with Gasteiger partial charge in [-0.05, 0) is 71.4 Å². The summed E-state index contributed by atoms with van der Waals surface area (Å²) >= 11 is 0. The summed E-state index contributed by atoms with van der Waals surface area (Å²) in [5.41, 5.74) is 3.53. The molecule has 1 aliphatic heterocycles. The van der Waals surface area contributed by atoms with E-state index in [2.05, 4.69) is 84.6 Å². The highest BCUT2D eigenvalue weighted by atomic mass is 16.5. The number of nitrogens with one attached hydrogen (secondary N) is 2. The van der Waals surface area contributed by atoms with Gasteiger partial charge in [-0.25, -0.2) is 4.98 Å². The van der Waals surface area contributed by atoms with Crippen LogP contribution in [0.5, 0.6) is 11.5 Å². The zero-order chi connectivity index (χ0) is 28.6. The van der Waals surface area contributed by atoms with Crippen molar-refractivity contribution < 1.29 is 9.47 Å². The topological polar surface area (TPSA) is 78.0 Å². The molecule has 9 heteroatoms. The summed E-state index contributed by atoms with van der Waals surface area (Å²) in [5, 5.41) is 8.11. The molecule has 2 N–H and O–H groups in total. The summed E-state index contributed by atoms with van der Waals surface area (Å²) in [6.07, 6.45) is 3.11. The predicted octanol–water partition coefficient (Wildman–Crippen LogP) is 4.93. The first-order chi connectivity index (χ1) is 19.3. The first kappa shape index (κ1) is 29.7. The lowest BCUT2D eigenvalue weighted by molar-refractivity contribution is 0.211. The third-order valence-electron chi connectivity index (χ3n) is 7.73. The van der Waals surface area contributed by atoms with Crippen LogP contribution in [-0.4, -0.2) is 93.4 Å². The fourth-order valence-electron chi connectivity index (χ4n) is 5.18. The van der Waals surface area contributed by atoms with E-state index >= 15 is 0 Å². The summed E-state index contributed by atoms with van der Waals surface area (Å²) in [7, 11) is 9.66. The number of methoxy groups -OCH3 is 2. The lowest BCUT2D eigenvalue weighted by Crippen LogP contribution is -2.39. The van der Waals surface area contributed by atoms with E-state index in [1.165, 1.54) is 11.3 Å². The smallest absolute Gasteiger partial charge is 0.225 e. The van der Waals surface area contributed by atoms with Crippen LogP contribution >= 0.6 is 0 Å². The van der Waals surface area contributed by atoms with Crippen LogP contribution in [0.25, 0.3) is 10.9 Å². The minimum Gasteiger partial charge on any atom is -0.493 e. The van der Waals surface area contributed by atoms with Crippen LogP contribution in [0.2, 0.25) is 0 Å². The number of hydrogen-bond donors (Lipinski definition) is 2. The van der Waals surface area contributed by atoms with Crippen LogP contribution in [0.1, 0.15) is 38.7 Å². The second-order valence-corrected chi connectivity index (χ2v) is 11.2. The van der Waals surface area contributed by atoms with Crippen LogP contribution in [0, 0.1) is 0 Å². The zero-order valence-electron chi connectivity index (χ0n) is 25.3. The molecule has 0 radical (unpaired) electrons. The second-order valence-electron chi connectivity index (χ2n) is 11.2. The lowest BCUT2D eigenvalue weighted by atomic mass is 10.0. The number of likely N-dealkylation sites (tertiary alicyclic amines) is 1. The monoisotopic (exact) mass is 549 g/mol. The molecule has 2 heterocycles. The number of para-hydroxylation sites is 1. The van der Waals surface area contributed by atoms with Crippen molar-refractivity contribution in [2.75, 3.05) is 77.1 Å². The van der Waals surface area contributed by atoms with E-state index in [1.54, 1.807) is 14.2 Å². The Morgan fingerprint density at radius 2 is 1.70 bits per heavy atom. The van der Waals surface area contributed by atoms with Gasteiger partial charge in [0.2, 0.25) is 5.95 Å². The van der Waals surface area contributed by atoms with Crippen LogP contribution in [-0.2, 0) is 6.54 Å². The van der Waals surface area contributed by atoms with E-state index in [0.29, 0.717) is 29.5 Å². The van der Waals surface area contributed by atoms with Crippen molar-refractivity contribution in [1.82, 2.24) is 19.8 Å². The molecule has 0 spiro atoms. The Bertz CT molecular complexity index is 1240. The zero-order valence-corrected chi connectivity index (χ0v) is 25.3. The fraction of sp³-hybridized carbons (Fsp3) is 0.548. The summed E-state index contributed by atoms with van der Waals surface area (Å²) in [6.45, 7) is 9.33. The maximum absolute atomic E-state index is 5.59. The number of hydrogen-bond acceptors (Lipinski definition) is 9. The number of benzene rings is 2. The highest BCUT2D eigenvalue weighted by Gasteiger charge is 2.23. The first-order valence-electron chi connectivity index (χ1n) is 14.4. The van der Waals surface area contributed by atoms with E-state index in [4.69, 9.17) is 19.4 Å². The number of aromatic nitrogens is 2. The highest BCUT2D eigenvalue weighted by Crippen LogP contribution is 2.35. The summed E-state index contributed by atoms with van der Waals surface area (Å²) in [4.78, 5) is 16.8. The summed E-state index contributed by atoms with van der Waals surface area (Å²) in [5.74, 6) is 2.80. The van der Waals surface area contributed by atoms with Crippen molar-refractivity contribution in [3.63, 3.8) is 0 Å². The SMILES string of the molecule is COc1cc2nc(NCCCN(C)C)nc(NC3CCN(Cc4ccccc4N(C)C(C)C)CC3)c2cc1OC. The number of fused-ring (bicyclic) bond motifs is 1. The Hall–Kier alpha value is -3.30. The van der Waals surface area contributed by atoms with Crippen molar-refractivity contribution in [3.8, 4) is 11.5 Å². The summed E-state index contributed by atoms with van der Waals surface area (Å²) < 4.78 is 11.1. The predicted molar refractivity (Wildman–Crippen MR) is 166 cm³/mol. The average Bonchev–Trinajstić information content (AvgIpc) is 2.95. The Kier molecular flexibility index (Phi) is 10.3. The van der Waals surface area contributed by atoms with Gasteiger partial charge in [0.15, 0.2) is 11.5 Å². The molecule has 0 aliphatic carbocycles. The molecule has 1 fully saturated rings. The number of piperidine rings is 1. The normalized spacial score (nSPS) is 14.6. The van der Waals surface area contributed by atoms with Gasteiger partial charge >= 0.3 is 0 Å². The molecule has 218 valence electrons. The summed E-state index contributed by atoms with van der Waals surface area (Å²) in [6, 6.07) is 13.5. The van der Waals surface area contributed by atoms with Gasteiger partial charge < -0.3 is 29.9 Å². The molecule has 40 heavy (non-hydrogen) atoms. The van der Waals surface area contributed by atoms with Crippen molar-refractivity contribution in [2.45, 2.75) is 51.7 Å². The van der Waals surface area contributed by atoms with Gasteiger partial charge in [-0.15, -0.1) is 0 Å². The molecule has 0 unspecified atom stereocenters. The second kappa shape index (κ2) is 13.9. The van der Waals surface area contributed by atoms with Gasteiger partial charge in [-0.3, -0.25) is 4.90 Å². The number of ether oxygens (including phenoxy) is 2. The third-order valence-corrected chi connectivity index (χ3v) is 7.73. The van der Waals surface area contributed by atoms with Gasteiger partial charge in [0, 0.05) is 62.5 Å². The van der Waals surface area contributed by atoms with Crippen LogP contribution in [0.3, 0.4) is 0 Å². The molecule has 1 aliphatic rings. The molecule has 9 nitrogen and oxygen atoms in total. The fourth-order valence-corrected chi connectivity index (χ4v) is 5.18. The molecule has 1 aromatic heterocycles. The van der Waals surface area contributed by atoms with Crippen LogP contribution in [0.15, 0.2) is 36.4 Å². The van der Waals surface area contributed by atoms with E-state index in [-0.39, 0.29) is 0 Å². The first-order valence-corrected chi connectivity index (χ1v) is 14.4. The van der Waals surface area contributed by atoms with E-state index in [1.807, 2.05) is 12.1 Å². The van der Waals surface area contributed by atoms with E-state index < -0.39 is 0 Å². The molecule has 2 aromatic carbocycles. The van der Waals surface area contributed by atoms with Crippen LogP contribution in [0.4, 0.5) is 17.5 Å². The Morgan fingerprint density at radius 3 is 2.38 bits per heavy atom.